The van der Waals surface area contributed by atoms with E-state index in [0.29, 0.717) is 5.92 Å². The third kappa shape index (κ3) is 1.75. The van der Waals surface area contributed by atoms with Gasteiger partial charge < -0.3 is 0 Å². The minimum absolute atomic E-state index is 0.410. The highest BCUT2D eigenvalue weighted by Gasteiger charge is 2.13. The van der Waals surface area contributed by atoms with Gasteiger partial charge in [-0.2, -0.15) is 0 Å². The SMILES string of the molecule is CCC(C)c1nc2cc(C)c(C)c(Br)n2n1. The molecule has 1 unspecified atom stereocenters. The van der Waals surface area contributed by atoms with Crippen molar-refractivity contribution in [3.8, 4) is 0 Å². The molecule has 0 amide bonds. The van der Waals surface area contributed by atoms with E-state index in [1.165, 1.54) is 11.1 Å². The quantitative estimate of drug-likeness (QED) is 0.787. The third-order valence-electron chi connectivity index (χ3n) is 3.13. The first-order chi connectivity index (χ1) is 7.54. The molecule has 0 fully saturated rings. The van der Waals surface area contributed by atoms with Gasteiger partial charge in [-0.05, 0) is 53.4 Å². The molecule has 0 aliphatic carbocycles. The highest BCUT2D eigenvalue weighted by molar-refractivity contribution is 9.10. The number of aromatic nitrogens is 3. The Hall–Kier alpha value is -0.900. The molecular weight excluding hydrogens is 266 g/mol. The van der Waals surface area contributed by atoms with Gasteiger partial charge in [-0.1, -0.05) is 13.8 Å². The zero-order chi connectivity index (χ0) is 11.9. The summed E-state index contributed by atoms with van der Waals surface area (Å²) in [5, 5.41) is 4.54. The second-order valence-corrected chi connectivity index (χ2v) is 5.04. The van der Waals surface area contributed by atoms with Gasteiger partial charge in [0.1, 0.15) is 4.60 Å². The molecule has 0 saturated carbocycles. The van der Waals surface area contributed by atoms with E-state index in [1.807, 2.05) is 4.52 Å². The third-order valence-corrected chi connectivity index (χ3v) is 4.06. The van der Waals surface area contributed by atoms with Crippen molar-refractivity contribution in [2.45, 2.75) is 40.0 Å². The standard InChI is InChI=1S/C12H16BrN3/c1-5-7(2)12-14-10-6-8(3)9(4)11(13)16(10)15-12/h6-7H,5H2,1-4H3. The minimum atomic E-state index is 0.410. The second kappa shape index (κ2) is 4.17. The number of halogens is 1. The lowest BCUT2D eigenvalue weighted by Crippen LogP contribution is -1.97. The maximum Gasteiger partial charge on any atom is 0.157 e. The molecule has 0 saturated heterocycles. The van der Waals surface area contributed by atoms with Crippen molar-refractivity contribution in [1.29, 1.82) is 0 Å². The van der Waals surface area contributed by atoms with Crippen LogP contribution in [0.25, 0.3) is 5.65 Å². The molecule has 0 spiro atoms. The normalized spacial score (nSPS) is 13.3. The van der Waals surface area contributed by atoms with Gasteiger partial charge in [-0.3, -0.25) is 0 Å². The molecule has 4 heteroatoms. The maximum atomic E-state index is 4.57. The van der Waals surface area contributed by atoms with Gasteiger partial charge in [-0.25, -0.2) is 9.50 Å². The van der Waals surface area contributed by atoms with Gasteiger partial charge in [0, 0.05) is 5.92 Å². The van der Waals surface area contributed by atoms with Gasteiger partial charge in [0.05, 0.1) is 0 Å². The predicted molar refractivity (Wildman–Crippen MR) is 68.9 cm³/mol. The number of hydrogen-bond donors (Lipinski definition) is 0. The summed E-state index contributed by atoms with van der Waals surface area (Å²) in [7, 11) is 0. The van der Waals surface area contributed by atoms with E-state index in [-0.39, 0.29) is 0 Å². The Morgan fingerprint density at radius 1 is 1.44 bits per heavy atom. The van der Waals surface area contributed by atoms with E-state index in [1.54, 1.807) is 0 Å². The van der Waals surface area contributed by atoms with Crippen LogP contribution in [0.5, 0.6) is 0 Å². The van der Waals surface area contributed by atoms with Crippen molar-refractivity contribution in [2.24, 2.45) is 0 Å². The maximum absolute atomic E-state index is 4.57. The molecule has 1 atom stereocenters. The van der Waals surface area contributed by atoms with E-state index in [9.17, 15) is 0 Å². The largest absolute Gasteiger partial charge is 0.212 e. The summed E-state index contributed by atoms with van der Waals surface area (Å²) in [4.78, 5) is 4.57. The van der Waals surface area contributed by atoms with E-state index in [0.717, 1.165) is 22.5 Å². The Balaban J connectivity index is 2.66. The van der Waals surface area contributed by atoms with Crippen LogP contribution >= 0.6 is 15.9 Å². The molecule has 0 bridgehead atoms. The zero-order valence-corrected chi connectivity index (χ0v) is 11.7. The number of aryl methyl sites for hydroxylation is 1. The van der Waals surface area contributed by atoms with Crippen molar-refractivity contribution in [1.82, 2.24) is 14.6 Å². The average molecular weight is 282 g/mol. The van der Waals surface area contributed by atoms with Gasteiger partial charge in [-0.15, -0.1) is 5.10 Å². The topological polar surface area (TPSA) is 30.2 Å². The van der Waals surface area contributed by atoms with Crippen LogP contribution in [0.4, 0.5) is 0 Å². The molecule has 0 N–H and O–H groups in total. The molecule has 2 heterocycles. The average Bonchev–Trinajstić information content (AvgIpc) is 2.69. The number of pyridine rings is 1. The van der Waals surface area contributed by atoms with E-state index < -0.39 is 0 Å². The molecule has 2 aromatic rings. The first-order valence-electron chi connectivity index (χ1n) is 5.57. The first kappa shape index (κ1) is 11.6. The van der Waals surface area contributed by atoms with Crippen molar-refractivity contribution in [2.75, 3.05) is 0 Å². The summed E-state index contributed by atoms with van der Waals surface area (Å²) in [5.74, 6) is 1.33. The van der Waals surface area contributed by atoms with Crippen LogP contribution in [0.2, 0.25) is 0 Å². The van der Waals surface area contributed by atoms with Gasteiger partial charge in [0.25, 0.3) is 0 Å². The molecule has 2 rings (SSSR count). The van der Waals surface area contributed by atoms with Crippen LogP contribution < -0.4 is 0 Å². The molecular formula is C12H16BrN3. The van der Waals surface area contributed by atoms with E-state index in [2.05, 4.69) is 59.8 Å². The Labute approximate surface area is 104 Å². The highest BCUT2D eigenvalue weighted by atomic mass is 79.9. The van der Waals surface area contributed by atoms with Crippen LogP contribution in [0.1, 0.15) is 43.1 Å². The second-order valence-electron chi connectivity index (χ2n) is 4.29. The monoisotopic (exact) mass is 281 g/mol. The summed E-state index contributed by atoms with van der Waals surface area (Å²) in [5.41, 5.74) is 3.38. The lowest BCUT2D eigenvalue weighted by molar-refractivity contribution is 0.674. The Bertz CT molecular complexity index is 531. The van der Waals surface area contributed by atoms with Crippen molar-refractivity contribution >= 4 is 21.6 Å². The van der Waals surface area contributed by atoms with Crippen LogP contribution in [0, 0.1) is 13.8 Å². The fraction of sp³-hybridized carbons (Fsp3) is 0.500. The highest BCUT2D eigenvalue weighted by Crippen LogP contribution is 2.23. The molecule has 0 aliphatic rings. The molecule has 86 valence electrons. The Kier molecular flexibility index (Phi) is 3.02. The van der Waals surface area contributed by atoms with Crippen LogP contribution in [0.15, 0.2) is 10.7 Å². The molecule has 3 nitrogen and oxygen atoms in total. The molecule has 0 aromatic carbocycles. The Morgan fingerprint density at radius 2 is 2.12 bits per heavy atom. The molecule has 16 heavy (non-hydrogen) atoms. The predicted octanol–water partition coefficient (Wildman–Crippen LogP) is 3.62. The minimum Gasteiger partial charge on any atom is -0.212 e. The number of hydrogen-bond acceptors (Lipinski definition) is 2. The van der Waals surface area contributed by atoms with Crippen LogP contribution in [0.3, 0.4) is 0 Å². The zero-order valence-electron chi connectivity index (χ0n) is 10.1. The number of nitrogens with zero attached hydrogens (tertiary/aromatic N) is 3. The summed E-state index contributed by atoms with van der Waals surface area (Å²) in [6, 6.07) is 2.08. The van der Waals surface area contributed by atoms with Crippen molar-refractivity contribution < 1.29 is 0 Å². The summed E-state index contributed by atoms with van der Waals surface area (Å²) >= 11 is 3.58. The van der Waals surface area contributed by atoms with Gasteiger partial charge >= 0.3 is 0 Å². The fourth-order valence-electron chi connectivity index (χ4n) is 1.59. The molecule has 2 aromatic heterocycles. The van der Waals surface area contributed by atoms with Crippen molar-refractivity contribution in [3.05, 3.63) is 27.6 Å². The Morgan fingerprint density at radius 3 is 2.75 bits per heavy atom. The van der Waals surface area contributed by atoms with E-state index in [4.69, 9.17) is 0 Å². The number of rotatable bonds is 2. The lowest BCUT2D eigenvalue weighted by atomic mass is 10.1. The summed E-state index contributed by atoms with van der Waals surface area (Å²) < 4.78 is 2.88. The fourth-order valence-corrected chi connectivity index (χ4v) is 2.17. The van der Waals surface area contributed by atoms with E-state index >= 15 is 0 Å². The smallest absolute Gasteiger partial charge is 0.157 e. The van der Waals surface area contributed by atoms with Gasteiger partial charge in [0.2, 0.25) is 0 Å². The van der Waals surface area contributed by atoms with Crippen LogP contribution in [-0.2, 0) is 0 Å². The molecule has 0 aliphatic heterocycles. The summed E-state index contributed by atoms with van der Waals surface area (Å²) in [6.07, 6.45) is 1.06. The first-order valence-corrected chi connectivity index (χ1v) is 6.36. The van der Waals surface area contributed by atoms with Gasteiger partial charge in [0.15, 0.2) is 11.5 Å². The van der Waals surface area contributed by atoms with Crippen molar-refractivity contribution in [3.63, 3.8) is 0 Å². The van der Waals surface area contributed by atoms with Crippen LogP contribution in [-0.4, -0.2) is 14.6 Å². The lowest BCUT2D eigenvalue weighted by Gasteiger charge is -2.03. The number of fused-ring (bicyclic) bond motifs is 1. The summed E-state index contributed by atoms with van der Waals surface area (Å²) in [6.45, 7) is 8.49. The molecule has 0 radical (unpaired) electrons.